The molecule has 0 bridgehead atoms. The van der Waals surface area contributed by atoms with E-state index >= 15 is 0 Å². The number of fused-ring (bicyclic) bond motifs is 1. The van der Waals surface area contributed by atoms with Crippen LogP contribution in [0.3, 0.4) is 0 Å². The molecule has 0 amide bonds. The van der Waals surface area contributed by atoms with Crippen molar-refractivity contribution in [3.05, 3.63) is 74.8 Å². The van der Waals surface area contributed by atoms with Crippen LogP contribution in [0.15, 0.2) is 57.4 Å². The molecule has 1 aromatic heterocycles. The van der Waals surface area contributed by atoms with E-state index in [1.807, 2.05) is 58.0 Å². The summed E-state index contributed by atoms with van der Waals surface area (Å²) in [7, 11) is 1.60. The first-order valence-electron chi connectivity index (χ1n) is 10.4. The molecule has 0 saturated heterocycles. The van der Waals surface area contributed by atoms with Crippen molar-refractivity contribution in [1.82, 2.24) is 9.66 Å². The van der Waals surface area contributed by atoms with E-state index in [0.29, 0.717) is 41.3 Å². The van der Waals surface area contributed by atoms with Crippen molar-refractivity contribution < 1.29 is 9.47 Å². The van der Waals surface area contributed by atoms with Crippen molar-refractivity contribution in [1.29, 1.82) is 0 Å². The van der Waals surface area contributed by atoms with E-state index in [1.54, 1.807) is 19.4 Å². The van der Waals surface area contributed by atoms with E-state index in [-0.39, 0.29) is 11.0 Å². The summed E-state index contributed by atoms with van der Waals surface area (Å²) in [5, 5.41) is 5.05. The Hall–Kier alpha value is -2.93. The van der Waals surface area contributed by atoms with Crippen LogP contribution in [0.1, 0.15) is 44.6 Å². The van der Waals surface area contributed by atoms with Crippen LogP contribution in [-0.4, -0.2) is 29.6 Å². The summed E-state index contributed by atoms with van der Waals surface area (Å²) in [6.45, 7) is 12.3. The van der Waals surface area contributed by atoms with Crippen LogP contribution in [0, 0.1) is 0 Å². The largest absolute Gasteiger partial charge is 0.493 e. The van der Waals surface area contributed by atoms with Gasteiger partial charge in [-0.15, -0.1) is 6.58 Å². The Bertz CT molecular complexity index is 1240. The predicted octanol–water partition coefficient (Wildman–Crippen LogP) is 5.47. The summed E-state index contributed by atoms with van der Waals surface area (Å²) in [5.41, 5.74) is 1.75. The van der Waals surface area contributed by atoms with Crippen molar-refractivity contribution in [2.75, 3.05) is 13.7 Å². The molecule has 0 aliphatic heterocycles. The minimum Gasteiger partial charge on any atom is -0.493 e. The molecule has 0 aliphatic rings. The number of allylic oxidation sites excluding steroid dienone is 1. The van der Waals surface area contributed by atoms with E-state index in [1.165, 1.54) is 4.68 Å². The highest BCUT2D eigenvalue weighted by Crippen LogP contribution is 2.33. The predicted molar refractivity (Wildman–Crippen MR) is 133 cm³/mol. The molecule has 0 N–H and O–H groups in total. The highest BCUT2D eigenvalue weighted by molar-refractivity contribution is 9.10. The van der Waals surface area contributed by atoms with Crippen molar-refractivity contribution in [2.45, 2.75) is 39.5 Å². The van der Waals surface area contributed by atoms with Crippen molar-refractivity contribution in [2.24, 2.45) is 5.10 Å². The van der Waals surface area contributed by atoms with Gasteiger partial charge < -0.3 is 9.47 Å². The van der Waals surface area contributed by atoms with E-state index in [4.69, 9.17) is 14.5 Å². The number of ether oxygens (including phenoxy) is 2. The van der Waals surface area contributed by atoms with Gasteiger partial charge >= 0.3 is 0 Å². The molecule has 0 saturated carbocycles. The molecule has 6 nitrogen and oxygen atoms in total. The van der Waals surface area contributed by atoms with Crippen molar-refractivity contribution >= 4 is 33.0 Å². The molecule has 0 atom stereocenters. The Balaban J connectivity index is 2.19. The minimum atomic E-state index is -0.387. The van der Waals surface area contributed by atoms with Gasteiger partial charge in [0.05, 0.1) is 30.8 Å². The molecule has 3 rings (SSSR count). The number of nitrogens with zero attached hydrogens (tertiary/aromatic N) is 3. The third-order valence-electron chi connectivity index (χ3n) is 4.83. The van der Waals surface area contributed by atoms with Crippen LogP contribution < -0.4 is 15.0 Å². The van der Waals surface area contributed by atoms with Crippen molar-refractivity contribution in [3.63, 3.8) is 0 Å². The smallest absolute Gasteiger partial charge is 0.282 e. The fourth-order valence-electron chi connectivity index (χ4n) is 3.39. The molecule has 2 aromatic carbocycles. The average molecular weight is 498 g/mol. The maximum Gasteiger partial charge on any atom is 0.282 e. The monoisotopic (exact) mass is 497 g/mol. The van der Waals surface area contributed by atoms with Gasteiger partial charge in [-0.25, -0.2) is 4.98 Å². The normalized spacial score (nSPS) is 11.8. The summed E-state index contributed by atoms with van der Waals surface area (Å²) >= 11 is 3.43. The zero-order chi connectivity index (χ0) is 23.5. The summed E-state index contributed by atoms with van der Waals surface area (Å²) in [4.78, 5) is 18.1. The lowest BCUT2D eigenvalue weighted by Crippen LogP contribution is -2.29. The van der Waals surface area contributed by atoms with Crippen LogP contribution in [0.2, 0.25) is 0 Å². The first-order valence-corrected chi connectivity index (χ1v) is 11.2. The van der Waals surface area contributed by atoms with Gasteiger partial charge in [-0.2, -0.15) is 9.78 Å². The number of halogens is 1. The van der Waals surface area contributed by atoms with E-state index in [0.717, 1.165) is 15.6 Å². The quantitative estimate of drug-likeness (QED) is 0.320. The average Bonchev–Trinajstić information content (AvgIpc) is 2.74. The topological polar surface area (TPSA) is 65.7 Å². The Kier molecular flexibility index (Phi) is 7.19. The SMILES string of the molecule is C=CCc1cc(C=Nn2c(C(C)(C)C)nc3ccc(Br)cc3c2=O)cc(OC)c1OCC. The molecule has 32 heavy (non-hydrogen) atoms. The number of aromatic nitrogens is 2. The van der Waals surface area contributed by atoms with Gasteiger partial charge in [0, 0.05) is 15.5 Å². The van der Waals surface area contributed by atoms with Crippen LogP contribution in [-0.2, 0) is 11.8 Å². The molecule has 0 fully saturated rings. The van der Waals surface area contributed by atoms with Crippen LogP contribution in [0.4, 0.5) is 0 Å². The second-order valence-electron chi connectivity index (χ2n) is 8.35. The molecule has 3 aromatic rings. The second kappa shape index (κ2) is 9.69. The molecule has 0 unspecified atom stereocenters. The third kappa shape index (κ3) is 4.93. The zero-order valence-electron chi connectivity index (χ0n) is 19.1. The molecular formula is C25H28BrN3O3. The van der Waals surface area contributed by atoms with E-state index < -0.39 is 0 Å². The van der Waals surface area contributed by atoms with E-state index in [9.17, 15) is 4.79 Å². The molecule has 0 radical (unpaired) electrons. The molecular weight excluding hydrogens is 470 g/mol. The maximum atomic E-state index is 13.3. The highest BCUT2D eigenvalue weighted by atomic mass is 79.9. The van der Waals surface area contributed by atoms with Crippen molar-refractivity contribution in [3.8, 4) is 11.5 Å². The Morgan fingerprint density at radius 3 is 2.62 bits per heavy atom. The van der Waals surface area contributed by atoms with Gasteiger partial charge in [0.2, 0.25) is 0 Å². The minimum absolute atomic E-state index is 0.221. The molecule has 168 valence electrons. The Labute approximate surface area is 196 Å². The lowest BCUT2D eigenvalue weighted by Gasteiger charge is -2.21. The summed E-state index contributed by atoms with van der Waals surface area (Å²) < 4.78 is 13.5. The van der Waals surface area contributed by atoms with Gasteiger partial charge in [0.15, 0.2) is 11.5 Å². The zero-order valence-corrected chi connectivity index (χ0v) is 20.7. The first kappa shape index (κ1) is 23.7. The maximum absolute atomic E-state index is 13.3. The number of methoxy groups -OCH3 is 1. The van der Waals surface area contributed by atoms with Crippen LogP contribution >= 0.6 is 15.9 Å². The summed E-state index contributed by atoms with van der Waals surface area (Å²) in [6.07, 6.45) is 4.07. The number of rotatable bonds is 7. The molecule has 1 heterocycles. The number of hydrogen-bond acceptors (Lipinski definition) is 5. The summed E-state index contributed by atoms with van der Waals surface area (Å²) in [6, 6.07) is 9.29. The van der Waals surface area contributed by atoms with Crippen LogP contribution in [0.25, 0.3) is 10.9 Å². The highest BCUT2D eigenvalue weighted by Gasteiger charge is 2.23. The lowest BCUT2D eigenvalue weighted by atomic mass is 9.95. The van der Waals surface area contributed by atoms with Gasteiger partial charge in [-0.05, 0) is 49.2 Å². The number of benzene rings is 2. The van der Waals surface area contributed by atoms with Crippen LogP contribution in [0.5, 0.6) is 11.5 Å². The summed E-state index contributed by atoms with van der Waals surface area (Å²) in [5.74, 6) is 1.88. The Morgan fingerprint density at radius 2 is 2.00 bits per heavy atom. The Morgan fingerprint density at radius 1 is 1.25 bits per heavy atom. The molecule has 7 heteroatoms. The standard InChI is InChI=1S/C25H28BrN3O3/c1-7-9-17-12-16(13-21(31-6)22(17)32-8-2)15-27-29-23(30)19-14-18(26)10-11-20(19)28-24(29)25(3,4)5/h7,10-15H,1,8-9H2,2-6H3. The number of hydrogen-bond donors (Lipinski definition) is 0. The van der Waals surface area contributed by atoms with Gasteiger partial charge in [0.25, 0.3) is 5.56 Å². The van der Waals surface area contributed by atoms with Gasteiger partial charge in [-0.1, -0.05) is 42.8 Å². The lowest BCUT2D eigenvalue weighted by molar-refractivity contribution is 0.308. The fourth-order valence-corrected chi connectivity index (χ4v) is 3.75. The van der Waals surface area contributed by atoms with Gasteiger partial charge in [-0.3, -0.25) is 4.79 Å². The molecule has 0 spiro atoms. The first-order chi connectivity index (χ1) is 15.2. The molecule has 0 aliphatic carbocycles. The third-order valence-corrected chi connectivity index (χ3v) is 5.32. The second-order valence-corrected chi connectivity index (χ2v) is 9.26. The van der Waals surface area contributed by atoms with Gasteiger partial charge in [0.1, 0.15) is 5.82 Å². The van der Waals surface area contributed by atoms with E-state index in [2.05, 4.69) is 27.6 Å². The fraction of sp³-hybridized carbons (Fsp3) is 0.320.